The first-order valence-corrected chi connectivity index (χ1v) is 8.58. The van der Waals surface area contributed by atoms with E-state index in [0.29, 0.717) is 34.8 Å². The SMILES string of the molecule is O=C(O)c1cc(-c2ccc3c(c2)OCO3)nc2c1cnn2Cc1ccncc1. The zero-order chi connectivity index (χ0) is 19.1. The number of benzene rings is 1. The Hall–Kier alpha value is -3.94. The van der Waals surface area contributed by atoms with Crippen LogP contribution in [0.1, 0.15) is 15.9 Å². The zero-order valence-corrected chi connectivity index (χ0v) is 14.6. The number of fused-ring (bicyclic) bond motifs is 2. The van der Waals surface area contributed by atoms with Gasteiger partial charge >= 0.3 is 5.97 Å². The normalized spacial score (nSPS) is 12.4. The molecule has 8 heteroatoms. The number of hydrogen-bond donors (Lipinski definition) is 1. The largest absolute Gasteiger partial charge is 0.478 e. The van der Waals surface area contributed by atoms with E-state index in [1.807, 2.05) is 18.2 Å². The molecule has 1 aliphatic heterocycles. The van der Waals surface area contributed by atoms with Crippen LogP contribution in [0.5, 0.6) is 11.5 Å². The summed E-state index contributed by atoms with van der Waals surface area (Å²) in [7, 11) is 0. The molecule has 0 saturated heterocycles. The molecule has 0 atom stereocenters. The van der Waals surface area contributed by atoms with E-state index in [0.717, 1.165) is 11.1 Å². The van der Waals surface area contributed by atoms with Crippen LogP contribution in [-0.4, -0.2) is 37.6 Å². The van der Waals surface area contributed by atoms with Gasteiger partial charge in [-0.15, -0.1) is 0 Å². The van der Waals surface area contributed by atoms with Gasteiger partial charge in [-0.2, -0.15) is 5.10 Å². The van der Waals surface area contributed by atoms with Crippen LogP contribution in [-0.2, 0) is 6.54 Å². The first-order chi connectivity index (χ1) is 13.7. The molecule has 4 heterocycles. The summed E-state index contributed by atoms with van der Waals surface area (Å²) in [5.41, 5.74) is 2.92. The second-order valence-electron chi connectivity index (χ2n) is 6.32. The highest BCUT2D eigenvalue weighted by Crippen LogP contribution is 2.36. The minimum Gasteiger partial charge on any atom is -0.478 e. The van der Waals surface area contributed by atoms with Crippen LogP contribution in [0, 0.1) is 0 Å². The molecule has 0 amide bonds. The Balaban J connectivity index is 1.66. The number of aromatic carboxylic acids is 1. The van der Waals surface area contributed by atoms with Crippen molar-refractivity contribution >= 4 is 17.0 Å². The Labute approximate surface area is 159 Å². The summed E-state index contributed by atoms with van der Waals surface area (Å²) in [6.45, 7) is 0.632. The molecule has 1 aliphatic rings. The molecule has 138 valence electrons. The van der Waals surface area contributed by atoms with Crippen molar-refractivity contribution in [1.82, 2.24) is 19.7 Å². The predicted octanol–water partition coefficient (Wildman–Crippen LogP) is 2.97. The highest BCUT2D eigenvalue weighted by atomic mass is 16.7. The molecule has 0 saturated carbocycles. The molecule has 1 N–H and O–H groups in total. The lowest BCUT2D eigenvalue weighted by Gasteiger charge is -2.08. The maximum absolute atomic E-state index is 11.8. The summed E-state index contributed by atoms with van der Waals surface area (Å²) in [5, 5.41) is 14.5. The number of rotatable bonds is 4. The van der Waals surface area contributed by atoms with Gasteiger partial charge in [-0.05, 0) is 42.0 Å². The first kappa shape index (κ1) is 16.2. The predicted molar refractivity (Wildman–Crippen MR) is 99.4 cm³/mol. The standard InChI is InChI=1S/C20H14N4O4/c25-20(26)14-8-16(13-1-2-17-18(7-13)28-11-27-17)23-19-15(14)9-22-24(19)10-12-3-5-21-6-4-12/h1-9H,10-11H2,(H,25,26). The topological polar surface area (TPSA) is 99.4 Å². The number of nitrogens with zero attached hydrogens (tertiary/aromatic N) is 4. The number of carboxylic acids is 1. The fourth-order valence-electron chi connectivity index (χ4n) is 3.21. The van der Waals surface area contributed by atoms with Crippen molar-refractivity contribution in [3.05, 3.63) is 66.1 Å². The Morgan fingerprint density at radius 1 is 1.11 bits per heavy atom. The molecule has 0 spiro atoms. The van der Waals surface area contributed by atoms with Crippen LogP contribution < -0.4 is 9.47 Å². The Bertz CT molecular complexity index is 1200. The molecule has 8 nitrogen and oxygen atoms in total. The van der Waals surface area contributed by atoms with Crippen LogP contribution in [0.25, 0.3) is 22.3 Å². The van der Waals surface area contributed by atoms with Crippen molar-refractivity contribution in [2.75, 3.05) is 6.79 Å². The third-order valence-electron chi connectivity index (χ3n) is 4.59. The van der Waals surface area contributed by atoms with Crippen LogP contribution in [0.15, 0.2) is 55.0 Å². The van der Waals surface area contributed by atoms with Crippen molar-refractivity contribution in [2.24, 2.45) is 0 Å². The highest BCUT2D eigenvalue weighted by Gasteiger charge is 2.19. The smallest absolute Gasteiger partial charge is 0.336 e. The highest BCUT2D eigenvalue weighted by molar-refractivity contribution is 6.02. The average Bonchev–Trinajstić information content (AvgIpc) is 3.34. The van der Waals surface area contributed by atoms with Gasteiger partial charge in [-0.25, -0.2) is 14.5 Å². The molecular weight excluding hydrogens is 360 g/mol. The van der Waals surface area contributed by atoms with Gasteiger partial charge in [0.25, 0.3) is 0 Å². The molecule has 28 heavy (non-hydrogen) atoms. The van der Waals surface area contributed by atoms with Crippen LogP contribution in [0.2, 0.25) is 0 Å². The summed E-state index contributed by atoms with van der Waals surface area (Å²) in [5.74, 6) is 0.241. The number of hydrogen-bond acceptors (Lipinski definition) is 6. The number of aromatic nitrogens is 4. The average molecular weight is 374 g/mol. The first-order valence-electron chi connectivity index (χ1n) is 8.58. The zero-order valence-electron chi connectivity index (χ0n) is 14.6. The second kappa shape index (κ2) is 6.34. The third-order valence-corrected chi connectivity index (χ3v) is 4.59. The molecule has 0 radical (unpaired) electrons. The summed E-state index contributed by atoms with van der Waals surface area (Å²) in [6, 6.07) is 10.7. The van der Waals surface area contributed by atoms with Gasteiger partial charge in [0.2, 0.25) is 6.79 Å². The Morgan fingerprint density at radius 2 is 1.93 bits per heavy atom. The van der Waals surface area contributed by atoms with Crippen molar-refractivity contribution in [3.8, 4) is 22.8 Å². The maximum atomic E-state index is 11.8. The Morgan fingerprint density at radius 3 is 2.75 bits per heavy atom. The number of ether oxygens (including phenoxy) is 2. The van der Waals surface area contributed by atoms with E-state index >= 15 is 0 Å². The lowest BCUT2D eigenvalue weighted by Crippen LogP contribution is -2.05. The van der Waals surface area contributed by atoms with Crippen molar-refractivity contribution in [3.63, 3.8) is 0 Å². The van der Waals surface area contributed by atoms with Crippen LogP contribution in [0.4, 0.5) is 0 Å². The monoisotopic (exact) mass is 374 g/mol. The van der Waals surface area contributed by atoms with E-state index in [4.69, 9.17) is 14.5 Å². The molecule has 0 aliphatic carbocycles. The fraction of sp³-hybridized carbons (Fsp3) is 0.100. The summed E-state index contributed by atoms with van der Waals surface area (Å²) < 4.78 is 12.5. The van der Waals surface area contributed by atoms with Crippen LogP contribution in [0.3, 0.4) is 0 Å². The van der Waals surface area contributed by atoms with Crippen molar-refractivity contribution in [1.29, 1.82) is 0 Å². The van der Waals surface area contributed by atoms with Gasteiger partial charge in [-0.1, -0.05) is 0 Å². The molecular formula is C20H14N4O4. The Kier molecular flexibility index (Phi) is 3.68. The molecule has 0 bridgehead atoms. The second-order valence-corrected chi connectivity index (χ2v) is 6.32. The van der Waals surface area contributed by atoms with E-state index < -0.39 is 5.97 Å². The molecule has 5 rings (SSSR count). The summed E-state index contributed by atoms with van der Waals surface area (Å²) in [6.07, 6.45) is 4.95. The third kappa shape index (κ3) is 2.71. The maximum Gasteiger partial charge on any atom is 0.336 e. The number of pyridine rings is 2. The minimum atomic E-state index is -1.03. The van der Waals surface area contributed by atoms with Gasteiger partial charge in [0.1, 0.15) is 0 Å². The van der Waals surface area contributed by atoms with E-state index in [1.165, 1.54) is 6.20 Å². The van der Waals surface area contributed by atoms with E-state index in [1.54, 1.807) is 35.3 Å². The number of carboxylic acid groups (broad SMARTS) is 1. The lowest BCUT2D eigenvalue weighted by molar-refractivity contribution is 0.0699. The van der Waals surface area contributed by atoms with Gasteiger partial charge in [0.15, 0.2) is 17.1 Å². The quantitative estimate of drug-likeness (QED) is 0.586. The summed E-state index contributed by atoms with van der Waals surface area (Å²) >= 11 is 0. The molecule has 0 unspecified atom stereocenters. The minimum absolute atomic E-state index is 0.152. The van der Waals surface area contributed by atoms with E-state index in [9.17, 15) is 9.90 Å². The van der Waals surface area contributed by atoms with Crippen molar-refractivity contribution in [2.45, 2.75) is 6.54 Å². The molecule has 1 aromatic carbocycles. The van der Waals surface area contributed by atoms with Gasteiger partial charge in [0.05, 0.1) is 29.4 Å². The van der Waals surface area contributed by atoms with Crippen LogP contribution >= 0.6 is 0 Å². The molecule has 0 fully saturated rings. The van der Waals surface area contributed by atoms with Gasteiger partial charge < -0.3 is 14.6 Å². The van der Waals surface area contributed by atoms with E-state index in [-0.39, 0.29) is 12.4 Å². The van der Waals surface area contributed by atoms with E-state index in [2.05, 4.69) is 10.1 Å². The lowest BCUT2D eigenvalue weighted by atomic mass is 10.1. The van der Waals surface area contributed by atoms with Crippen molar-refractivity contribution < 1.29 is 19.4 Å². The molecule has 3 aromatic heterocycles. The van der Waals surface area contributed by atoms with Gasteiger partial charge in [0, 0.05) is 18.0 Å². The van der Waals surface area contributed by atoms with Gasteiger partial charge in [-0.3, -0.25) is 4.98 Å². The number of carbonyl (C=O) groups is 1. The fourth-order valence-corrected chi connectivity index (χ4v) is 3.21. The molecule has 4 aromatic rings. The summed E-state index contributed by atoms with van der Waals surface area (Å²) in [4.78, 5) is 20.5.